The number of fused-ring (bicyclic) bond motifs is 2. The van der Waals surface area contributed by atoms with Crippen molar-refractivity contribution in [2.45, 2.75) is 76.2 Å². The highest BCUT2D eigenvalue weighted by molar-refractivity contribution is 6.04. The molecule has 6 heteroatoms. The molecule has 3 aliphatic rings. The minimum Gasteiger partial charge on any atom is -0.382 e. The van der Waals surface area contributed by atoms with Gasteiger partial charge in [0.05, 0.1) is 11.4 Å². The smallest absolute Gasteiger partial charge is 0.151 e. The maximum atomic E-state index is 8.96. The van der Waals surface area contributed by atoms with Crippen LogP contribution in [0.2, 0.25) is 0 Å². The number of hydrogen-bond acceptors (Lipinski definition) is 6. The van der Waals surface area contributed by atoms with Crippen LogP contribution in [0.3, 0.4) is 0 Å². The van der Waals surface area contributed by atoms with Crippen LogP contribution in [0.15, 0.2) is 48.8 Å². The van der Waals surface area contributed by atoms with Crippen LogP contribution in [0, 0.1) is 16.7 Å². The average molecular weight is 481 g/mol. The maximum Gasteiger partial charge on any atom is 0.151 e. The highest BCUT2D eigenvalue weighted by Gasteiger charge is 2.45. The third-order valence-electron chi connectivity index (χ3n) is 9.10. The van der Waals surface area contributed by atoms with E-state index in [0.717, 1.165) is 81.2 Å². The van der Waals surface area contributed by atoms with E-state index < -0.39 is 0 Å². The second kappa shape index (κ2) is 9.40. The number of aryl methyl sites for hydroxylation is 1. The van der Waals surface area contributed by atoms with E-state index in [1.165, 1.54) is 11.1 Å². The van der Waals surface area contributed by atoms with Gasteiger partial charge >= 0.3 is 0 Å². The van der Waals surface area contributed by atoms with Crippen LogP contribution >= 0.6 is 0 Å². The summed E-state index contributed by atoms with van der Waals surface area (Å²) in [5.74, 6) is 0.936. The Balaban J connectivity index is 1.13. The molecule has 36 heavy (non-hydrogen) atoms. The molecule has 186 valence electrons. The molecular weight excluding hydrogens is 444 g/mol. The molecule has 5 N–H and O–H groups in total. The number of rotatable bonds is 4. The van der Waals surface area contributed by atoms with Crippen LogP contribution in [0.1, 0.15) is 90.7 Å². The molecule has 2 aromatic heterocycles. The van der Waals surface area contributed by atoms with E-state index in [1.54, 1.807) is 0 Å². The molecule has 3 aliphatic carbocycles. The second-order valence-electron chi connectivity index (χ2n) is 11.2. The average Bonchev–Trinajstić information content (AvgIpc) is 3.03. The number of nitrogens with zero attached hydrogens (tertiary/aromatic N) is 3. The Morgan fingerprint density at radius 2 is 1.81 bits per heavy atom. The van der Waals surface area contributed by atoms with Crippen molar-refractivity contribution >= 4 is 11.5 Å². The Kier molecular flexibility index (Phi) is 6.08. The molecule has 1 saturated carbocycles. The van der Waals surface area contributed by atoms with E-state index in [-0.39, 0.29) is 17.4 Å². The molecule has 1 fully saturated rings. The molecule has 3 aromatic rings. The number of nitrogens with two attached hydrogens (primary N) is 2. The normalized spacial score (nSPS) is 27.3. The van der Waals surface area contributed by atoms with E-state index in [2.05, 4.69) is 40.3 Å². The molecule has 6 rings (SSSR count). The van der Waals surface area contributed by atoms with Crippen LogP contribution in [-0.2, 0) is 19.3 Å². The topological polar surface area (TPSA) is 115 Å². The predicted molar refractivity (Wildman–Crippen MR) is 143 cm³/mol. The van der Waals surface area contributed by atoms with Gasteiger partial charge in [-0.05, 0) is 91.9 Å². The highest BCUT2D eigenvalue weighted by Crippen LogP contribution is 2.54. The first kappa shape index (κ1) is 23.3. The number of nitrogen functional groups attached to an aromatic ring is 1. The molecule has 1 spiro atoms. The van der Waals surface area contributed by atoms with Crippen LogP contribution < -0.4 is 11.5 Å². The zero-order chi connectivity index (χ0) is 24.7. The molecule has 2 heterocycles. The van der Waals surface area contributed by atoms with Crippen molar-refractivity contribution in [1.82, 2.24) is 15.0 Å². The zero-order valence-electron chi connectivity index (χ0n) is 20.9. The fourth-order valence-corrected chi connectivity index (χ4v) is 7.04. The lowest BCUT2D eigenvalue weighted by Crippen LogP contribution is -2.36. The molecule has 1 aromatic carbocycles. The van der Waals surface area contributed by atoms with Crippen LogP contribution in [0.25, 0.3) is 0 Å². The fourth-order valence-electron chi connectivity index (χ4n) is 7.04. The van der Waals surface area contributed by atoms with Crippen molar-refractivity contribution in [3.05, 3.63) is 82.6 Å². The van der Waals surface area contributed by atoms with Crippen molar-refractivity contribution in [3.8, 4) is 0 Å². The second-order valence-corrected chi connectivity index (χ2v) is 11.2. The van der Waals surface area contributed by atoms with Crippen molar-refractivity contribution in [1.29, 1.82) is 5.41 Å². The molecule has 0 radical (unpaired) electrons. The van der Waals surface area contributed by atoms with Crippen LogP contribution in [0.4, 0.5) is 5.82 Å². The first-order valence-corrected chi connectivity index (χ1v) is 13.5. The monoisotopic (exact) mass is 480 g/mol. The fraction of sp³-hybridized carbons (Fsp3) is 0.467. The number of pyridine rings is 1. The van der Waals surface area contributed by atoms with Crippen LogP contribution in [-0.4, -0.2) is 20.7 Å². The Labute approximate surface area is 213 Å². The summed E-state index contributed by atoms with van der Waals surface area (Å²) in [4.78, 5) is 14.0. The van der Waals surface area contributed by atoms with Crippen LogP contribution in [0.5, 0.6) is 0 Å². The van der Waals surface area contributed by atoms with E-state index in [0.29, 0.717) is 23.1 Å². The lowest BCUT2D eigenvalue weighted by molar-refractivity contribution is 0.127. The van der Waals surface area contributed by atoms with Gasteiger partial charge in [-0.2, -0.15) is 0 Å². The third kappa shape index (κ3) is 4.11. The highest BCUT2D eigenvalue weighted by atomic mass is 14.9. The molecule has 0 saturated heterocycles. The lowest BCUT2D eigenvalue weighted by Gasteiger charge is -2.40. The molecule has 0 amide bonds. The SMILES string of the molecule is N=C(c1ncc(CC2CCC3(CC2)Cc2ccccc2C3N)nc1N)C1CCCCc2ncccc21. The van der Waals surface area contributed by atoms with Crippen molar-refractivity contribution in [3.63, 3.8) is 0 Å². The zero-order valence-corrected chi connectivity index (χ0v) is 20.9. The van der Waals surface area contributed by atoms with Gasteiger partial charge in [0.2, 0.25) is 0 Å². The summed E-state index contributed by atoms with van der Waals surface area (Å²) in [5.41, 5.74) is 20.3. The van der Waals surface area contributed by atoms with E-state index in [1.807, 2.05) is 18.5 Å². The largest absolute Gasteiger partial charge is 0.382 e. The quantitative estimate of drug-likeness (QED) is 0.346. The number of benzene rings is 1. The van der Waals surface area contributed by atoms with Gasteiger partial charge in [-0.1, -0.05) is 36.8 Å². The van der Waals surface area contributed by atoms with Gasteiger partial charge in [0.1, 0.15) is 5.69 Å². The minimum atomic E-state index is -0.0204. The summed E-state index contributed by atoms with van der Waals surface area (Å²) in [7, 11) is 0. The summed E-state index contributed by atoms with van der Waals surface area (Å²) in [5, 5.41) is 8.96. The number of nitrogens with one attached hydrogen (secondary N) is 1. The van der Waals surface area contributed by atoms with Gasteiger partial charge in [-0.25, -0.2) is 9.97 Å². The molecule has 2 unspecified atom stereocenters. The molecule has 2 atom stereocenters. The standard InChI is InChI=1S/C30H36N6/c31-26(24-8-3-4-10-25-23(24)9-5-15-34-25)27-29(33)36-21(18-35-27)16-19-11-13-30(14-12-19)17-20-6-1-2-7-22(20)28(30)32/h1-2,5-7,9,15,18-19,24,28,31H,3-4,8,10-14,16-17,32H2,(H2,33,36). The van der Waals surface area contributed by atoms with E-state index >= 15 is 0 Å². The Bertz CT molecular complexity index is 1280. The summed E-state index contributed by atoms with van der Waals surface area (Å²) < 4.78 is 0. The third-order valence-corrected chi connectivity index (χ3v) is 9.10. The van der Waals surface area contributed by atoms with Gasteiger partial charge in [0.15, 0.2) is 5.82 Å². The maximum absolute atomic E-state index is 8.96. The number of hydrogen-bond donors (Lipinski definition) is 3. The first-order chi connectivity index (χ1) is 17.5. The Hall–Kier alpha value is -3.12. The molecule has 0 bridgehead atoms. The Morgan fingerprint density at radius 1 is 1.00 bits per heavy atom. The lowest BCUT2D eigenvalue weighted by atomic mass is 9.66. The van der Waals surface area contributed by atoms with Gasteiger partial charge < -0.3 is 16.9 Å². The van der Waals surface area contributed by atoms with Crippen molar-refractivity contribution in [2.75, 3.05) is 5.73 Å². The van der Waals surface area contributed by atoms with Gasteiger partial charge in [0.25, 0.3) is 0 Å². The summed E-state index contributed by atoms with van der Waals surface area (Å²) >= 11 is 0. The van der Waals surface area contributed by atoms with E-state index in [4.69, 9.17) is 21.9 Å². The summed E-state index contributed by atoms with van der Waals surface area (Å²) in [6.45, 7) is 0. The van der Waals surface area contributed by atoms with Gasteiger partial charge in [0, 0.05) is 30.0 Å². The minimum absolute atomic E-state index is 0.0204. The summed E-state index contributed by atoms with van der Waals surface area (Å²) in [6.07, 6.45) is 14.4. The van der Waals surface area contributed by atoms with Crippen molar-refractivity contribution in [2.24, 2.45) is 17.1 Å². The molecule has 0 aliphatic heterocycles. The molecular formula is C30H36N6. The summed E-state index contributed by atoms with van der Waals surface area (Å²) in [6, 6.07) is 12.9. The Morgan fingerprint density at radius 3 is 2.61 bits per heavy atom. The van der Waals surface area contributed by atoms with Gasteiger partial charge in [-0.3, -0.25) is 4.98 Å². The molecule has 6 nitrogen and oxygen atoms in total. The predicted octanol–water partition coefficient (Wildman–Crippen LogP) is 5.31. The van der Waals surface area contributed by atoms with Gasteiger partial charge in [-0.15, -0.1) is 0 Å². The number of aromatic nitrogens is 3. The number of anilines is 1. The van der Waals surface area contributed by atoms with Crippen molar-refractivity contribution < 1.29 is 0 Å². The van der Waals surface area contributed by atoms with E-state index in [9.17, 15) is 0 Å². The first-order valence-electron chi connectivity index (χ1n) is 13.5.